The summed E-state index contributed by atoms with van der Waals surface area (Å²) in [4.78, 5) is 20.2. The molecule has 2 aromatic heterocycles. The van der Waals surface area contributed by atoms with E-state index in [1.165, 1.54) is 5.56 Å². The molecule has 4 aromatic rings. The average Bonchev–Trinajstić information content (AvgIpc) is 3.27. The zero-order chi connectivity index (χ0) is 20.3. The molecule has 6 nitrogen and oxygen atoms in total. The van der Waals surface area contributed by atoms with Crippen LogP contribution in [0.1, 0.15) is 5.56 Å². The lowest BCUT2D eigenvalue weighted by atomic mass is 10.1. The second kappa shape index (κ2) is 8.38. The van der Waals surface area contributed by atoms with Crippen LogP contribution in [0.4, 0.5) is 5.13 Å². The molecule has 7 heteroatoms. The third-order valence-electron chi connectivity index (χ3n) is 5.27. The number of fused-ring (bicyclic) bond motifs is 1. The Labute approximate surface area is 178 Å². The summed E-state index contributed by atoms with van der Waals surface area (Å²) in [5.41, 5.74) is 3.36. The van der Waals surface area contributed by atoms with E-state index in [0.29, 0.717) is 25.3 Å². The number of morpholine rings is 1. The summed E-state index contributed by atoms with van der Waals surface area (Å²) >= 11 is 1.55. The Morgan fingerprint density at radius 1 is 0.967 bits per heavy atom. The fraction of sp³-hybridized carbons (Fsp3) is 0.261. The zero-order valence-corrected chi connectivity index (χ0v) is 17.3. The first-order chi connectivity index (χ1) is 14.8. The van der Waals surface area contributed by atoms with Gasteiger partial charge in [0.2, 0.25) is 0 Å². The standard InChI is InChI=1S/C23H22N4O2S/c28-22-20-21(30-23(24-20)26-13-15-29-16-14-26)19(18-9-5-2-6-10-18)25-27(22)12-11-17-7-3-1-4-8-17/h1-10H,11-16H2. The molecule has 0 aliphatic carbocycles. The van der Waals surface area contributed by atoms with Crippen LogP contribution in [-0.2, 0) is 17.7 Å². The van der Waals surface area contributed by atoms with Crippen molar-refractivity contribution in [3.63, 3.8) is 0 Å². The fourth-order valence-electron chi connectivity index (χ4n) is 3.65. The van der Waals surface area contributed by atoms with Gasteiger partial charge in [-0.25, -0.2) is 9.67 Å². The minimum absolute atomic E-state index is 0.128. The summed E-state index contributed by atoms with van der Waals surface area (Å²) in [5.74, 6) is 0. The number of anilines is 1. The Morgan fingerprint density at radius 3 is 2.40 bits per heavy atom. The SMILES string of the molecule is O=c1c2nc(N3CCOCC3)sc2c(-c2ccccc2)nn1CCc1ccccc1. The van der Waals surface area contributed by atoms with Crippen LogP contribution in [0.3, 0.4) is 0 Å². The number of thiazole rings is 1. The van der Waals surface area contributed by atoms with Gasteiger partial charge in [0.1, 0.15) is 5.69 Å². The van der Waals surface area contributed by atoms with Gasteiger partial charge >= 0.3 is 0 Å². The summed E-state index contributed by atoms with van der Waals surface area (Å²) in [6.07, 6.45) is 0.744. The number of aryl methyl sites for hydroxylation is 2. The van der Waals surface area contributed by atoms with E-state index in [-0.39, 0.29) is 5.56 Å². The first kappa shape index (κ1) is 19.0. The highest BCUT2D eigenvalue weighted by molar-refractivity contribution is 7.22. The highest BCUT2D eigenvalue weighted by Gasteiger charge is 2.21. The van der Waals surface area contributed by atoms with Crippen molar-refractivity contribution in [2.45, 2.75) is 13.0 Å². The lowest BCUT2D eigenvalue weighted by Gasteiger charge is -2.25. The van der Waals surface area contributed by atoms with Gasteiger partial charge in [0.25, 0.3) is 5.56 Å². The first-order valence-corrected chi connectivity index (χ1v) is 10.9. The molecule has 0 radical (unpaired) electrons. The van der Waals surface area contributed by atoms with Gasteiger partial charge in [-0.3, -0.25) is 4.79 Å². The van der Waals surface area contributed by atoms with E-state index in [0.717, 1.165) is 40.6 Å². The smallest absolute Gasteiger partial charge is 0.294 e. The van der Waals surface area contributed by atoms with Gasteiger partial charge < -0.3 is 9.64 Å². The van der Waals surface area contributed by atoms with E-state index in [2.05, 4.69) is 17.0 Å². The molecule has 0 saturated carbocycles. The summed E-state index contributed by atoms with van der Waals surface area (Å²) in [6.45, 7) is 3.46. The molecule has 1 aliphatic heterocycles. The van der Waals surface area contributed by atoms with Crippen molar-refractivity contribution in [3.05, 3.63) is 76.6 Å². The third-order valence-corrected chi connectivity index (χ3v) is 6.40. The van der Waals surface area contributed by atoms with Gasteiger partial charge in [0.15, 0.2) is 10.6 Å². The van der Waals surface area contributed by atoms with E-state index in [4.69, 9.17) is 14.8 Å². The Bertz CT molecular complexity index is 1200. The second-order valence-electron chi connectivity index (χ2n) is 7.25. The summed E-state index contributed by atoms with van der Waals surface area (Å²) in [5, 5.41) is 5.64. The number of ether oxygens (including phenoxy) is 1. The van der Waals surface area contributed by atoms with Crippen LogP contribution in [-0.4, -0.2) is 41.1 Å². The summed E-state index contributed by atoms with van der Waals surface area (Å²) < 4.78 is 7.88. The molecule has 2 aromatic carbocycles. The molecule has 0 bridgehead atoms. The van der Waals surface area contributed by atoms with Crippen LogP contribution in [0.15, 0.2) is 65.5 Å². The molecule has 5 rings (SSSR count). The number of hydrogen-bond donors (Lipinski definition) is 0. The molecule has 152 valence electrons. The van der Waals surface area contributed by atoms with Gasteiger partial charge in [0.05, 0.1) is 17.9 Å². The van der Waals surface area contributed by atoms with Gasteiger partial charge in [-0.1, -0.05) is 72.0 Å². The van der Waals surface area contributed by atoms with Crippen LogP contribution in [0.5, 0.6) is 0 Å². The van der Waals surface area contributed by atoms with E-state index in [9.17, 15) is 4.79 Å². The number of benzene rings is 2. The molecule has 0 amide bonds. The molecule has 1 fully saturated rings. The Hall–Kier alpha value is -3.03. The van der Waals surface area contributed by atoms with Gasteiger partial charge in [-0.05, 0) is 12.0 Å². The van der Waals surface area contributed by atoms with E-state index < -0.39 is 0 Å². The van der Waals surface area contributed by atoms with E-state index in [1.807, 2.05) is 48.5 Å². The topological polar surface area (TPSA) is 60.3 Å². The number of aromatic nitrogens is 3. The van der Waals surface area contributed by atoms with E-state index in [1.54, 1.807) is 16.0 Å². The molecule has 3 heterocycles. The minimum Gasteiger partial charge on any atom is -0.378 e. The predicted octanol–water partition coefficient (Wildman–Crippen LogP) is 3.60. The van der Waals surface area contributed by atoms with Crippen LogP contribution in [0.2, 0.25) is 0 Å². The van der Waals surface area contributed by atoms with E-state index >= 15 is 0 Å². The number of nitrogens with zero attached hydrogens (tertiary/aromatic N) is 4. The van der Waals surface area contributed by atoms with Crippen molar-refractivity contribution in [2.24, 2.45) is 0 Å². The average molecular weight is 419 g/mol. The van der Waals surface area contributed by atoms with Crippen molar-refractivity contribution < 1.29 is 4.74 Å². The lowest BCUT2D eigenvalue weighted by Crippen LogP contribution is -2.36. The molecular formula is C23H22N4O2S. The Kier molecular flexibility index (Phi) is 5.29. The summed E-state index contributed by atoms with van der Waals surface area (Å²) in [6, 6.07) is 20.2. The van der Waals surface area contributed by atoms with Crippen LogP contribution >= 0.6 is 11.3 Å². The molecule has 0 N–H and O–H groups in total. The molecule has 0 unspecified atom stereocenters. The number of rotatable bonds is 5. The maximum absolute atomic E-state index is 13.2. The highest BCUT2D eigenvalue weighted by Crippen LogP contribution is 2.33. The lowest BCUT2D eigenvalue weighted by molar-refractivity contribution is 0.122. The number of hydrogen-bond acceptors (Lipinski definition) is 6. The zero-order valence-electron chi connectivity index (χ0n) is 16.5. The molecule has 0 spiro atoms. The Morgan fingerprint density at radius 2 is 1.67 bits per heavy atom. The largest absolute Gasteiger partial charge is 0.378 e. The molecule has 0 atom stereocenters. The van der Waals surface area contributed by atoms with Crippen molar-refractivity contribution in [3.8, 4) is 11.3 Å². The van der Waals surface area contributed by atoms with Crippen LogP contribution in [0.25, 0.3) is 21.5 Å². The van der Waals surface area contributed by atoms with Gasteiger partial charge in [0, 0.05) is 25.2 Å². The Balaban J connectivity index is 1.60. The molecular weight excluding hydrogens is 396 g/mol. The van der Waals surface area contributed by atoms with Crippen molar-refractivity contribution in [1.82, 2.24) is 14.8 Å². The molecule has 1 saturated heterocycles. The maximum Gasteiger partial charge on any atom is 0.294 e. The van der Waals surface area contributed by atoms with Crippen molar-refractivity contribution in [1.29, 1.82) is 0 Å². The van der Waals surface area contributed by atoms with Gasteiger partial charge in [-0.2, -0.15) is 5.10 Å². The normalized spacial score (nSPS) is 14.3. The minimum atomic E-state index is -0.128. The van der Waals surface area contributed by atoms with Crippen molar-refractivity contribution >= 4 is 26.7 Å². The first-order valence-electron chi connectivity index (χ1n) is 10.1. The quantitative estimate of drug-likeness (QED) is 0.496. The van der Waals surface area contributed by atoms with Crippen LogP contribution < -0.4 is 10.5 Å². The van der Waals surface area contributed by atoms with Gasteiger partial charge in [-0.15, -0.1) is 0 Å². The van der Waals surface area contributed by atoms with Crippen molar-refractivity contribution in [2.75, 3.05) is 31.2 Å². The fourth-order valence-corrected chi connectivity index (χ4v) is 4.77. The highest BCUT2D eigenvalue weighted by atomic mass is 32.1. The maximum atomic E-state index is 13.2. The second-order valence-corrected chi connectivity index (χ2v) is 8.23. The predicted molar refractivity (Wildman–Crippen MR) is 120 cm³/mol. The summed E-state index contributed by atoms with van der Waals surface area (Å²) in [7, 11) is 0. The third kappa shape index (κ3) is 3.74. The molecule has 30 heavy (non-hydrogen) atoms. The molecule has 1 aliphatic rings. The van der Waals surface area contributed by atoms with Crippen LogP contribution in [0, 0.1) is 0 Å². The monoisotopic (exact) mass is 418 g/mol.